The van der Waals surface area contributed by atoms with E-state index in [2.05, 4.69) is 4.98 Å². The van der Waals surface area contributed by atoms with E-state index in [1.807, 2.05) is 37.3 Å². The van der Waals surface area contributed by atoms with Gasteiger partial charge in [-0.15, -0.1) is 0 Å². The van der Waals surface area contributed by atoms with Gasteiger partial charge in [-0.05, 0) is 36.2 Å². The van der Waals surface area contributed by atoms with Gasteiger partial charge in [-0.2, -0.15) is 0 Å². The molecule has 2 rings (SSSR count). The minimum Gasteiger partial charge on any atom is -0.495 e. The number of ether oxygens (including phenoxy) is 1. The predicted octanol–water partition coefficient (Wildman–Crippen LogP) is 2.97. The molecule has 1 atom stereocenters. The minimum absolute atomic E-state index is 0.660. The zero-order chi connectivity index (χ0) is 13.2. The van der Waals surface area contributed by atoms with E-state index in [0.29, 0.717) is 10.8 Å². The fraction of sp³-hybridized carbons (Fsp3) is 0.214. The molecule has 2 N–H and O–H groups in total. The molecule has 0 fully saturated rings. The minimum atomic E-state index is -0.660. The summed E-state index contributed by atoms with van der Waals surface area (Å²) in [6, 6.07) is 9.40. The molecule has 4 heteroatoms. The molecule has 2 aromatic rings. The summed E-state index contributed by atoms with van der Waals surface area (Å²) in [6.07, 6.45) is 3.39. The average Bonchev–Trinajstić information content (AvgIpc) is 2.39. The highest BCUT2D eigenvalue weighted by molar-refractivity contribution is 6.30. The summed E-state index contributed by atoms with van der Waals surface area (Å²) >= 11 is 6.00. The van der Waals surface area contributed by atoms with Gasteiger partial charge in [0.25, 0.3) is 0 Å². The van der Waals surface area contributed by atoms with Crippen LogP contribution >= 0.6 is 11.6 Å². The van der Waals surface area contributed by atoms with Crippen molar-refractivity contribution < 1.29 is 4.74 Å². The van der Waals surface area contributed by atoms with Crippen molar-refractivity contribution in [1.82, 2.24) is 4.98 Å². The monoisotopic (exact) mass is 262 g/mol. The van der Waals surface area contributed by atoms with Crippen molar-refractivity contribution >= 4 is 11.6 Å². The summed E-state index contributed by atoms with van der Waals surface area (Å²) in [5.41, 5.74) is 7.55. The van der Waals surface area contributed by atoms with Gasteiger partial charge >= 0.3 is 0 Å². The first kappa shape index (κ1) is 12.9. The van der Waals surface area contributed by atoms with Gasteiger partial charge in [0.2, 0.25) is 0 Å². The molecular weight excluding hydrogens is 248 g/mol. The lowest BCUT2D eigenvalue weighted by molar-refractivity contribution is 0.410. The van der Waals surface area contributed by atoms with Crippen LogP contribution in [0.25, 0.3) is 0 Å². The highest BCUT2D eigenvalue weighted by Crippen LogP contribution is 2.29. The van der Waals surface area contributed by atoms with E-state index < -0.39 is 5.54 Å². The molecule has 0 aliphatic carbocycles. The second-order valence-corrected chi connectivity index (χ2v) is 4.76. The Morgan fingerprint density at radius 3 is 2.67 bits per heavy atom. The molecule has 0 spiro atoms. The predicted molar refractivity (Wildman–Crippen MR) is 72.9 cm³/mol. The third-order valence-electron chi connectivity index (χ3n) is 2.97. The van der Waals surface area contributed by atoms with Crippen molar-refractivity contribution in [2.24, 2.45) is 5.73 Å². The maximum Gasteiger partial charge on any atom is 0.137 e. The van der Waals surface area contributed by atoms with Crippen LogP contribution in [0.3, 0.4) is 0 Å². The number of hydrogen-bond donors (Lipinski definition) is 1. The van der Waals surface area contributed by atoms with Crippen molar-refractivity contribution in [3.05, 3.63) is 58.9 Å². The van der Waals surface area contributed by atoms with Crippen LogP contribution in [0.2, 0.25) is 5.02 Å². The fourth-order valence-electron chi connectivity index (χ4n) is 1.79. The van der Waals surface area contributed by atoms with Gasteiger partial charge in [0, 0.05) is 11.2 Å². The van der Waals surface area contributed by atoms with Crippen LogP contribution in [0.15, 0.2) is 42.7 Å². The summed E-state index contributed by atoms with van der Waals surface area (Å²) in [4.78, 5) is 4.13. The topological polar surface area (TPSA) is 48.1 Å². The molecule has 1 aromatic heterocycles. The number of methoxy groups -OCH3 is 1. The summed E-state index contributed by atoms with van der Waals surface area (Å²) in [7, 11) is 1.61. The number of halogens is 1. The maximum absolute atomic E-state index is 6.40. The Kier molecular flexibility index (Phi) is 3.55. The second-order valence-electron chi connectivity index (χ2n) is 4.33. The van der Waals surface area contributed by atoms with E-state index in [1.165, 1.54) is 0 Å². The highest BCUT2D eigenvalue weighted by atomic mass is 35.5. The zero-order valence-electron chi connectivity index (χ0n) is 10.4. The number of nitrogens with two attached hydrogens (primary N) is 1. The summed E-state index contributed by atoms with van der Waals surface area (Å²) in [5.74, 6) is 0.686. The van der Waals surface area contributed by atoms with E-state index in [1.54, 1.807) is 19.5 Å². The van der Waals surface area contributed by atoms with Crippen LogP contribution in [0.4, 0.5) is 0 Å². The number of nitrogens with zero attached hydrogens (tertiary/aromatic N) is 1. The Labute approximate surface area is 112 Å². The van der Waals surface area contributed by atoms with Gasteiger partial charge in [0.05, 0.1) is 18.8 Å². The van der Waals surface area contributed by atoms with Crippen LogP contribution < -0.4 is 10.5 Å². The van der Waals surface area contributed by atoms with Gasteiger partial charge in [0.1, 0.15) is 5.75 Å². The Bertz CT molecular complexity index is 555. The van der Waals surface area contributed by atoms with E-state index >= 15 is 0 Å². The first-order valence-corrected chi connectivity index (χ1v) is 5.96. The molecular formula is C14H15ClN2O. The van der Waals surface area contributed by atoms with Crippen molar-refractivity contribution in [2.75, 3.05) is 7.11 Å². The molecule has 1 aromatic carbocycles. The number of rotatable bonds is 3. The fourth-order valence-corrected chi connectivity index (χ4v) is 1.98. The van der Waals surface area contributed by atoms with Gasteiger partial charge in [-0.25, -0.2) is 0 Å². The molecule has 18 heavy (non-hydrogen) atoms. The van der Waals surface area contributed by atoms with Gasteiger partial charge in [0.15, 0.2) is 0 Å². The number of benzene rings is 1. The molecule has 0 saturated carbocycles. The highest BCUT2D eigenvalue weighted by Gasteiger charge is 2.24. The molecule has 1 unspecified atom stereocenters. The number of aromatic nitrogens is 1. The molecule has 0 aliphatic heterocycles. The lowest BCUT2D eigenvalue weighted by Crippen LogP contribution is -2.34. The smallest absolute Gasteiger partial charge is 0.137 e. The van der Waals surface area contributed by atoms with E-state index in [4.69, 9.17) is 22.1 Å². The summed E-state index contributed by atoms with van der Waals surface area (Å²) < 4.78 is 5.17. The SMILES string of the molecule is COc1cncc(C(C)(N)c2cccc(Cl)c2)c1. The van der Waals surface area contributed by atoms with Gasteiger partial charge in [-0.3, -0.25) is 4.98 Å². The second kappa shape index (κ2) is 4.96. The normalized spacial score (nSPS) is 14.0. The standard InChI is InChI=1S/C14H15ClN2O/c1-14(16,10-4-3-5-12(15)6-10)11-7-13(18-2)9-17-8-11/h3-9H,16H2,1-2H3. The molecule has 94 valence electrons. The molecule has 1 heterocycles. The van der Waals surface area contributed by atoms with Crippen molar-refractivity contribution in [2.45, 2.75) is 12.5 Å². The molecule has 3 nitrogen and oxygen atoms in total. The van der Waals surface area contributed by atoms with Gasteiger partial charge in [-0.1, -0.05) is 23.7 Å². The molecule has 0 aliphatic rings. The van der Waals surface area contributed by atoms with Crippen LogP contribution in [0.1, 0.15) is 18.1 Å². The number of pyridine rings is 1. The van der Waals surface area contributed by atoms with Crippen LogP contribution in [0, 0.1) is 0 Å². The van der Waals surface area contributed by atoms with Crippen LogP contribution in [0.5, 0.6) is 5.75 Å². The maximum atomic E-state index is 6.40. The quantitative estimate of drug-likeness (QED) is 0.925. The Morgan fingerprint density at radius 2 is 2.00 bits per heavy atom. The lowest BCUT2D eigenvalue weighted by Gasteiger charge is -2.26. The van der Waals surface area contributed by atoms with E-state index in [-0.39, 0.29) is 0 Å². The molecule has 0 radical (unpaired) electrons. The summed E-state index contributed by atoms with van der Waals surface area (Å²) in [6.45, 7) is 1.93. The van der Waals surface area contributed by atoms with Crippen LogP contribution in [-0.4, -0.2) is 12.1 Å². The van der Waals surface area contributed by atoms with E-state index in [0.717, 1.165) is 11.1 Å². The summed E-state index contributed by atoms with van der Waals surface area (Å²) in [5, 5.41) is 0.667. The van der Waals surface area contributed by atoms with Crippen molar-refractivity contribution in [3.63, 3.8) is 0 Å². The molecule has 0 saturated heterocycles. The van der Waals surface area contributed by atoms with E-state index in [9.17, 15) is 0 Å². The molecule has 0 bridgehead atoms. The third-order valence-corrected chi connectivity index (χ3v) is 3.21. The zero-order valence-corrected chi connectivity index (χ0v) is 11.1. The lowest BCUT2D eigenvalue weighted by atomic mass is 9.87. The first-order valence-electron chi connectivity index (χ1n) is 5.58. The largest absolute Gasteiger partial charge is 0.495 e. The Hall–Kier alpha value is -1.58. The Balaban J connectivity index is 2.46. The van der Waals surface area contributed by atoms with Crippen molar-refractivity contribution in [3.8, 4) is 5.75 Å². The third kappa shape index (κ3) is 2.47. The molecule has 0 amide bonds. The van der Waals surface area contributed by atoms with Crippen molar-refractivity contribution in [1.29, 1.82) is 0 Å². The first-order chi connectivity index (χ1) is 8.54. The average molecular weight is 263 g/mol. The van der Waals surface area contributed by atoms with Crippen LogP contribution in [-0.2, 0) is 5.54 Å². The Morgan fingerprint density at radius 1 is 1.22 bits per heavy atom. The number of hydrogen-bond acceptors (Lipinski definition) is 3. The van der Waals surface area contributed by atoms with Gasteiger partial charge < -0.3 is 10.5 Å².